The second-order valence-electron chi connectivity index (χ2n) is 2.75. The quantitative estimate of drug-likeness (QED) is 0.601. The Hall–Kier alpha value is -0.100. The van der Waals surface area contributed by atoms with Gasteiger partial charge in [-0.05, 0) is 64.5 Å². The minimum Gasteiger partial charge on any atom is -0.493 e. The minimum absolute atomic E-state index is 0.0190. The van der Waals surface area contributed by atoms with Crippen LogP contribution in [0.2, 0.25) is 0 Å². The second kappa shape index (κ2) is 5.11. The molecule has 76 valence electrons. The van der Waals surface area contributed by atoms with Crippen LogP contribution in [0, 0.1) is 3.57 Å². The minimum atomic E-state index is 0.0190. The van der Waals surface area contributed by atoms with Gasteiger partial charge in [0.05, 0.1) is 12.2 Å². The number of hydrogen-bond acceptors (Lipinski definition) is 2. The Morgan fingerprint density at radius 3 is 2.71 bits per heavy atom. The van der Waals surface area contributed by atoms with Gasteiger partial charge in [0.15, 0.2) is 5.78 Å². The van der Waals surface area contributed by atoms with Gasteiger partial charge in [-0.15, -0.1) is 0 Å². The highest BCUT2D eigenvalue weighted by molar-refractivity contribution is 14.1. The van der Waals surface area contributed by atoms with Gasteiger partial charge >= 0.3 is 0 Å². The van der Waals surface area contributed by atoms with Gasteiger partial charge in [-0.2, -0.15) is 0 Å². The number of rotatable bonds is 3. The topological polar surface area (TPSA) is 26.3 Å². The van der Waals surface area contributed by atoms with Crippen molar-refractivity contribution in [3.8, 4) is 5.75 Å². The van der Waals surface area contributed by atoms with Gasteiger partial charge < -0.3 is 4.74 Å². The molecule has 0 saturated heterocycles. The molecule has 0 bridgehead atoms. The first-order valence-corrected chi connectivity index (χ1v) is 6.06. The molecule has 1 aromatic carbocycles. The lowest BCUT2D eigenvalue weighted by Gasteiger charge is -2.09. The van der Waals surface area contributed by atoms with Crippen molar-refractivity contribution in [3.05, 3.63) is 25.7 Å². The molecule has 2 nitrogen and oxygen atoms in total. The van der Waals surface area contributed by atoms with Crippen LogP contribution in [-0.2, 0) is 0 Å². The largest absolute Gasteiger partial charge is 0.493 e. The Labute approximate surface area is 105 Å². The van der Waals surface area contributed by atoms with Crippen LogP contribution in [0.5, 0.6) is 5.75 Å². The molecule has 0 unspecified atom stereocenters. The Kier molecular flexibility index (Phi) is 4.37. The number of ether oxygens (including phenoxy) is 1. The lowest BCUT2D eigenvalue weighted by Crippen LogP contribution is -2.01. The smallest absolute Gasteiger partial charge is 0.163 e. The van der Waals surface area contributed by atoms with Crippen LogP contribution >= 0.6 is 38.5 Å². The van der Waals surface area contributed by atoms with E-state index in [0.29, 0.717) is 17.9 Å². The Morgan fingerprint density at radius 1 is 1.57 bits per heavy atom. The van der Waals surface area contributed by atoms with Gasteiger partial charge in [0.2, 0.25) is 0 Å². The lowest BCUT2D eigenvalue weighted by atomic mass is 10.1. The summed E-state index contributed by atoms with van der Waals surface area (Å²) in [6.07, 6.45) is 0. The maximum Gasteiger partial charge on any atom is 0.163 e. The van der Waals surface area contributed by atoms with Gasteiger partial charge in [-0.1, -0.05) is 0 Å². The molecule has 14 heavy (non-hydrogen) atoms. The summed E-state index contributed by atoms with van der Waals surface area (Å²) in [6, 6.07) is 3.67. The van der Waals surface area contributed by atoms with E-state index in [0.717, 1.165) is 8.04 Å². The van der Waals surface area contributed by atoms with Crippen LogP contribution in [0.1, 0.15) is 24.2 Å². The molecule has 0 N–H and O–H groups in total. The molecule has 0 radical (unpaired) electrons. The van der Waals surface area contributed by atoms with Crippen molar-refractivity contribution >= 4 is 44.3 Å². The fourth-order valence-electron chi connectivity index (χ4n) is 1.08. The van der Waals surface area contributed by atoms with E-state index in [2.05, 4.69) is 38.5 Å². The fourth-order valence-corrected chi connectivity index (χ4v) is 1.86. The van der Waals surface area contributed by atoms with E-state index in [1.54, 1.807) is 6.07 Å². The normalized spacial score (nSPS) is 10.0. The van der Waals surface area contributed by atoms with Crippen molar-refractivity contribution in [1.29, 1.82) is 0 Å². The first kappa shape index (κ1) is 12.0. The number of carbonyl (C=O) groups excluding carboxylic acids is 1. The van der Waals surface area contributed by atoms with Crippen molar-refractivity contribution in [2.45, 2.75) is 13.8 Å². The van der Waals surface area contributed by atoms with Gasteiger partial charge in [-0.3, -0.25) is 4.79 Å². The molecular formula is C10H10BrIO2. The van der Waals surface area contributed by atoms with E-state index >= 15 is 0 Å². The van der Waals surface area contributed by atoms with Gasteiger partial charge in [0, 0.05) is 8.04 Å². The zero-order valence-corrected chi connectivity index (χ0v) is 11.7. The average Bonchev–Trinajstić information content (AvgIpc) is 2.11. The monoisotopic (exact) mass is 368 g/mol. The third-order valence-electron chi connectivity index (χ3n) is 1.70. The molecule has 0 spiro atoms. The van der Waals surface area contributed by atoms with Gasteiger partial charge in [-0.25, -0.2) is 0 Å². The van der Waals surface area contributed by atoms with Crippen molar-refractivity contribution in [2.75, 3.05) is 6.61 Å². The molecule has 0 aliphatic carbocycles. The van der Waals surface area contributed by atoms with Crippen LogP contribution in [0.15, 0.2) is 16.6 Å². The highest BCUT2D eigenvalue weighted by Crippen LogP contribution is 2.28. The zero-order valence-electron chi connectivity index (χ0n) is 7.93. The molecule has 0 aromatic heterocycles. The molecule has 1 aromatic rings. The highest BCUT2D eigenvalue weighted by atomic mass is 127. The predicted octanol–water partition coefficient (Wildman–Crippen LogP) is 3.66. The average molecular weight is 369 g/mol. The first-order chi connectivity index (χ1) is 6.56. The third-order valence-corrected chi connectivity index (χ3v) is 3.99. The second-order valence-corrected chi connectivity index (χ2v) is 4.77. The molecule has 0 aliphatic heterocycles. The van der Waals surface area contributed by atoms with Crippen molar-refractivity contribution in [1.82, 2.24) is 0 Å². The molecule has 0 fully saturated rings. The predicted molar refractivity (Wildman–Crippen MR) is 68.0 cm³/mol. The molecule has 0 aliphatic rings. The summed E-state index contributed by atoms with van der Waals surface area (Å²) < 4.78 is 7.35. The van der Waals surface area contributed by atoms with Gasteiger partial charge in [0.25, 0.3) is 0 Å². The molecular weight excluding hydrogens is 359 g/mol. The number of Topliss-reactive ketones (excluding diaryl/α,β-unsaturated/α-hetero) is 1. The third kappa shape index (κ3) is 2.70. The number of carbonyl (C=O) groups is 1. The SMILES string of the molecule is CCOc1cc(I)c(Br)cc1C(C)=O. The summed E-state index contributed by atoms with van der Waals surface area (Å²) in [7, 11) is 0. The van der Waals surface area contributed by atoms with Crippen molar-refractivity contribution in [3.63, 3.8) is 0 Å². The van der Waals surface area contributed by atoms with Crippen LogP contribution in [0.3, 0.4) is 0 Å². The van der Waals surface area contributed by atoms with E-state index < -0.39 is 0 Å². The number of halogens is 2. The summed E-state index contributed by atoms with van der Waals surface area (Å²) in [5.74, 6) is 0.679. The maximum atomic E-state index is 11.3. The van der Waals surface area contributed by atoms with E-state index in [4.69, 9.17) is 4.74 Å². The Bertz CT molecular complexity index is 363. The first-order valence-electron chi connectivity index (χ1n) is 4.19. The highest BCUT2D eigenvalue weighted by Gasteiger charge is 2.11. The molecule has 0 saturated carbocycles. The molecule has 0 amide bonds. The molecule has 0 heterocycles. The fraction of sp³-hybridized carbons (Fsp3) is 0.300. The molecule has 1 rings (SSSR count). The number of benzene rings is 1. The van der Waals surface area contributed by atoms with E-state index in [1.165, 1.54) is 6.92 Å². The standard InChI is InChI=1S/C10H10BrIO2/c1-3-14-10-5-9(12)8(11)4-7(10)6(2)13/h4-5H,3H2,1-2H3. The Morgan fingerprint density at radius 2 is 2.21 bits per heavy atom. The van der Waals surface area contributed by atoms with E-state index in [1.807, 2.05) is 13.0 Å². The zero-order chi connectivity index (χ0) is 10.7. The summed E-state index contributed by atoms with van der Waals surface area (Å²) in [6.45, 7) is 4.01. The van der Waals surface area contributed by atoms with E-state index in [-0.39, 0.29) is 5.78 Å². The van der Waals surface area contributed by atoms with Crippen LogP contribution < -0.4 is 4.74 Å². The lowest BCUT2D eigenvalue weighted by molar-refractivity contribution is 0.101. The molecule has 0 atom stereocenters. The van der Waals surface area contributed by atoms with Crippen molar-refractivity contribution < 1.29 is 9.53 Å². The summed E-state index contributed by atoms with van der Waals surface area (Å²) in [5, 5.41) is 0. The summed E-state index contributed by atoms with van der Waals surface area (Å²) in [4.78, 5) is 11.3. The number of ketones is 1. The summed E-state index contributed by atoms with van der Waals surface area (Å²) in [5.41, 5.74) is 0.624. The van der Waals surface area contributed by atoms with Crippen LogP contribution in [0.25, 0.3) is 0 Å². The van der Waals surface area contributed by atoms with Crippen molar-refractivity contribution in [2.24, 2.45) is 0 Å². The van der Waals surface area contributed by atoms with Gasteiger partial charge in [0.1, 0.15) is 5.75 Å². The Balaban J connectivity index is 3.24. The van der Waals surface area contributed by atoms with Crippen LogP contribution in [-0.4, -0.2) is 12.4 Å². The van der Waals surface area contributed by atoms with E-state index in [9.17, 15) is 4.79 Å². The van der Waals surface area contributed by atoms with Crippen LogP contribution in [0.4, 0.5) is 0 Å². The summed E-state index contributed by atoms with van der Waals surface area (Å²) >= 11 is 5.58. The molecule has 4 heteroatoms. The maximum absolute atomic E-state index is 11.3. The number of hydrogen-bond donors (Lipinski definition) is 0.